The lowest BCUT2D eigenvalue weighted by atomic mass is 10.4. The molecule has 0 bridgehead atoms. The predicted molar refractivity (Wildman–Crippen MR) is 63.5 cm³/mol. The Bertz CT molecular complexity index is 529. The van der Waals surface area contributed by atoms with Gasteiger partial charge in [-0.3, -0.25) is 4.57 Å². The van der Waals surface area contributed by atoms with Crippen LogP contribution in [0.25, 0.3) is 11.2 Å². The summed E-state index contributed by atoms with van der Waals surface area (Å²) in [5, 5.41) is 18.3. The second-order valence-corrected chi connectivity index (χ2v) is 3.85. The maximum absolute atomic E-state index is 9.34. The van der Waals surface area contributed by atoms with Crippen LogP contribution in [-0.4, -0.2) is 49.0 Å². The molecule has 0 aliphatic rings. The van der Waals surface area contributed by atoms with Crippen molar-refractivity contribution in [2.45, 2.75) is 19.3 Å². The predicted octanol–water partition coefficient (Wildman–Crippen LogP) is -0.703. The highest BCUT2D eigenvalue weighted by Crippen LogP contribution is 2.20. The first-order valence-corrected chi connectivity index (χ1v) is 5.47. The van der Waals surface area contributed by atoms with Crippen molar-refractivity contribution in [2.75, 3.05) is 18.9 Å². The van der Waals surface area contributed by atoms with E-state index in [9.17, 15) is 5.11 Å². The molecule has 0 fully saturated rings. The minimum Gasteiger partial charge on any atom is -0.394 e. The minimum absolute atomic E-state index is 0.139. The Hall–Kier alpha value is -1.77. The minimum atomic E-state index is -0.675. The maximum Gasteiger partial charge on any atom is 0.167 e. The molecule has 98 valence electrons. The molecule has 0 spiro atoms. The van der Waals surface area contributed by atoms with Gasteiger partial charge in [0.15, 0.2) is 17.7 Å². The number of hydrogen-bond donors (Lipinski definition) is 3. The van der Waals surface area contributed by atoms with Crippen LogP contribution in [0, 0.1) is 0 Å². The Balaban J connectivity index is 2.37. The lowest BCUT2D eigenvalue weighted by Gasteiger charge is -2.20. The van der Waals surface area contributed by atoms with E-state index in [0.717, 1.165) is 0 Å². The van der Waals surface area contributed by atoms with Gasteiger partial charge in [0, 0.05) is 0 Å². The molecule has 0 saturated heterocycles. The van der Waals surface area contributed by atoms with E-state index < -0.39 is 12.3 Å². The standard InChI is InChI=1S/C10H15N5O3/c1-6(2-16)18-7(3-17)15-5-14-8-9(11)12-4-13-10(8)15/h4-7,16-17H,2-3H2,1H3,(H2,11,12,13)/t6-,7+/m0/s1. The van der Waals surface area contributed by atoms with Gasteiger partial charge >= 0.3 is 0 Å². The number of rotatable bonds is 5. The van der Waals surface area contributed by atoms with Gasteiger partial charge in [-0.25, -0.2) is 15.0 Å². The third kappa shape index (κ3) is 2.26. The summed E-state index contributed by atoms with van der Waals surface area (Å²) in [7, 11) is 0. The molecule has 2 aromatic rings. The number of anilines is 1. The number of hydrogen-bond acceptors (Lipinski definition) is 7. The summed E-state index contributed by atoms with van der Waals surface area (Å²) < 4.78 is 7.02. The van der Waals surface area contributed by atoms with Crippen LogP contribution in [0.2, 0.25) is 0 Å². The normalized spacial score (nSPS) is 14.8. The van der Waals surface area contributed by atoms with Crippen molar-refractivity contribution < 1.29 is 14.9 Å². The van der Waals surface area contributed by atoms with Crippen molar-refractivity contribution in [1.82, 2.24) is 19.5 Å². The number of fused-ring (bicyclic) bond motifs is 1. The highest BCUT2D eigenvalue weighted by atomic mass is 16.5. The van der Waals surface area contributed by atoms with E-state index in [4.69, 9.17) is 15.6 Å². The van der Waals surface area contributed by atoms with Crippen molar-refractivity contribution >= 4 is 17.0 Å². The van der Waals surface area contributed by atoms with Crippen molar-refractivity contribution in [3.8, 4) is 0 Å². The molecule has 0 aliphatic carbocycles. The zero-order valence-electron chi connectivity index (χ0n) is 9.89. The summed E-state index contributed by atoms with van der Waals surface area (Å²) in [4.78, 5) is 12.0. The summed E-state index contributed by atoms with van der Waals surface area (Å²) in [5.74, 6) is 0.269. The van der Waals surface area contributed by atoms with E-state index >= 15 is 0 Å². The van der Waals surface area contributed by atoms with Gasteiger partial charge in [0.2, 0.25) is 0 Å². The maximum atomic E-state index is 9.34. The SMILES string of the molecule is C[C@@H](CO)O[C@H](CO)n1cnc2c(N)ncnc21. The summed E-state index contributed by atoms with van der Waals surface area (Å²) in [6.45, 7) is 1.30. The molecule has 0 unspecified atom stereocenters. The van der Waals surface area contributed by atoms with E-state index in [0.29, 0.717) is 11.2 Å². The average molecular weight is 253 g/mol. The fourth-order valence-electron chi connectivity index (χ4n) is 1.59. The lowest BCUT2D eigenvalue weighted by molar-refractivity contribution is -0.0871. The molecule has 0 saturated carbocycles. The summed E-state index contributed by atoms with van der Waals surface area (Å²) in [6.07, 6.45) is 1.71. The Morgan fingerprint density at radius 3 is 2.78 bits per heavy atom. The summed E-state index contributed by atoms with van der Waals surface area (Å²) >= 11 is 0. The second-order valence-electron chi connectivity index (χ2n) is 3.85. The molecular weight excluding hydrogens is 238 g/mol. The molecule has 0 amide bonds. The van der Waals surface area contributed by atoms with Crippen LogP contribution >= 0.6 is 0 Å². The average Bonchev–Trinajstić information content (AvgIpc) is 2.81. The van der Waals surface area contributed by atoms with E-state index in [1.807, 2.05) is 0 Å². The number of nitrogens with zero attached hydrogens (tertiary/aromatic N) is 4. The van der Waals surface area contributed by atoms with E-state index in [1.165, 1.54) is 12.7 Å². The van der Waals surface area contributed by atoms with Gasteiger partial charge in [0.1, 0.15) is 11.8 Å². The zero-order chi connectivity index (χ0) is 13.1. The molecule has 8 heteroatoms. The topological polar surface area (TPSA) is 119 Å². The molecule has 8 nitrogen and oxygen atoms in total. The Morgan fingerprint density at radius 1 is 1.33 bits per heavy atom. The second kappa shape index (κ2) is 5.25. The lowest BCUT2D eigenvalue weighted by Crippen LogP contribution is -2.24. The molecule has 2 aromatic heterocycles. The molecule has 2 atom stereocenters. The monoisotopic (exact) mass is 253 g/mol. The Kier molecular flexibility index (Phi) is 3.70. The van der Waals surface area contributed by atoms with Crippen LogP contribution in [-0.2, 0) is 4.74 Å². The number of imidazole rings is 1. The van der Waals surface area contributed by atoms with Crippen LogP contribution < -0.4 is 5.73 Å². The van der Waals surface area contributed by atoms with Crippen LogP contribution in [0.3, 0.4) is 0 Å². The third-order valence-electron chi connectivity index (χ3n) is 2.50. The van der Waals surface area contributed by atoms with Gasteiger partial charge in [-0.1, -0.05) is 0 Å². The van der Waals surface area contributed by atoms with Crippen molar-refractivity contribution in [2.24, 2.45) is 0 Å². The number of aliphatic hydroxyl groups is 2. The number of ether oxygens (including phenoxy) is 1. The smallest absolute Gasteiger partial charge is 0.167 e. The zero-order valence-corrected chi connectivity index (χ0v) is 9.89. The van der Waals surface area contributed by atoms with E-state index in [-0.39, 0.29) is 19.0 Å². The highest BCUT2D eigenvalue weighted by Gasteiger charge is 2.18. The Labute approximate surface area is 103 Å². The number of nitrogens with two attached hydrogens (primary N) is 1. The van der Waals surface area contributed by atoms with Crippen molar-refractivity contribution in [3.63, 3.8) is 0 Å². The van der Waals surface area contributed by atoms with Gasteiger partial charge in [-0.15, -0.1) is 0 Å². The first-order chi connectivity index (χ1) is 8.67. The highest BCUT2D eigenvalue weighted by molar-refractivity contribution is 5.81. The van der Waals surface area contributed by atoms with E-state index in [2.05, 4.69) is 15.0 Å². The van der Waals surface area contributed by atoms with Gasteiger partial charge in [0.05, 0.1) is 25.6 Å². The number of nitrogen functional groups attached to an aromatic ring is 1. The van der Waals surface area contributed by atoms with Crippen LogP contribution in [0.4, 0.5) is 5.82 Å². The fourth-order valence-corrected chi connectivity index (χ4v) is 1.59. The quantitative estimate of drug-likeness (QED) is 0.644. The molecular formula is C10H15N5O3. The number of aromatic nitrogens is 4. The van der Waals surface area contributed by atoms with Crippen LogP contribution in [0.15, 0.2) is 12.7 Å². The molecule has 0 aliphatic heterocycles. The first-order valence-electron chi connectivity index (χ1n) is 5.47. The molecule has 0 aromatic carbocycles. The molecule has 0 radical (unpaired) electrons. The first kappa shape index (κ1) is 12.7. The van der Waals surface area contributed by atoms with Gasteiger partial charge in [-0.05, 0) is 6.92 Å². The Morgan fingerprint density at radius 2 is 2.11 bits per heavy atom. The molecule has 2 rings (SSSR count). The van der Waals surface area contributed by atoms with Crippen LogP contribution in [0.5, 0.6) is 0 Å². The van der Waals surface area contributed by atoms with Crippen LogP contribution in [0.1, 0.15) is 13.2 Å². The van der Waals surface area contributed by atoms with Gasteiger partial charge in [-0.2, -0.15) is 0 Å². The van der Waals surface area contributed by atoms with Crippen molar-refractivity contribution in [1.29, 1.82) is 0 Å². The number of aliphatic hydroxyl groups excluding tert-OH is 2. The molecule has 2 heterocycles. The third-order valence-corrected chi connectivity index (χ3v) is 2.50. The molecule has 18 heavy (non-hydrogen) atoms. The van der Waals surface area contributed by atoms with Crippen molar-refractivity contribution in [3.05, 3.63) is 12.7 Å². The fraction of sp³-hybridized carbons (Fsp3) is 0.500. The summed E-state index contributed by atoms with van der Waals surface area (Å²) in [5.41, 5.74) is 6.60. The largest absolute Gasteiger partial charge is 0.394 e. The summed E-state index contributed by atoms with van der Waals surface area (Å²) in [6, 6.07) is 0. The molecule has 4 N–H and O–H groups in total. The van der Waals surface area contributed by atoms with Gasteiger partial charge < -0.3 is 20.7 Å². The van der Waals surface area contributed by atoms with E-state index in [1.54, 1.807) is 11.5 Å². The van der Waals surface area contributed by atoms with Gasteiger partial charge in [0.25, 0.3) is 0 Å².